The van der Waals surface area contributed by atoms with Crippen LogP contribution in [0.5, 0.6) is 0 Å². The molecule has 0 aliphatic carbocycles. The molecule has 0 bridgehead atoms. The number of aliphatic hydroxyl groups excluding tert-OH is 1. The Balaban J connectivity index is 2.44. The van der Waals surface area contributed by atoms with Crippen LogP contribution in [-0.2, 0) is 23.2 Å². The summed E-state index contributed by atoms with van der Waals surface area (Å²) in [6, 6.07) is 3.80. The van der Waals surface area contributed by atoms with Gasteiger partial charge >= 0.3 is 0 Å². The maximum atomic E-state index is 12.9. The van der Waals surface area contributed by atoms with Crippen LogP contribution in [0.25, 0.3) is 0 Å². The molecule has 0 aromatic carbocycles. The van der Waals surface area contributed by atoms with Crippen molar-refractivity contribution in [1.82, 2.24) is 4.31 Å². The van der Waals surface area contributed by atoms with Gasteiger partial charge in [-0.25, -0.2) is 8.42 Å². The number of hydrogen-bond acceptors (Lipinski definition) is 5. The largest absolute Gasteiger partial charge is 0.465 e. The van der Waals surface area contributed by atoms with Crippen molar-refractivity contribution < 1.29 is 17.9 Å². The molecule has 0 aliphatic heterocycles. The van der Waals surface area contributed by atoms with Crippen molar-refractivity contribution in [3.8, 4) is 0 Å². The monoisotopic (exact) mass is 329 g/mol. The molecular weight excluding hydrogens is 310 g/mol. The lowest BCUT2D eigenvalue weighted by molar-refractivity contribution is 0.276. The van der Waals surface area contributed by atoms with Gasteiger partial charge in [-0.05, 0) is 25.3 Å². The zero-order valence-corrected chi connectivity index (χ0v) is 13.9. The zero-order chi connectivity index (χ0) is 15.6. The van der Waals surface area contributed by atoms with Gasteiger partial charge in [-0.2, -0.15) is 4.31 Å². The maximum Gasteiger partial charge on any atom is 0.247 e. The van der Waals surface area contributed by atoms with E-state index < -0.39 is 10.0 Å². The lowest BCUT2D eigenvalue weighted by atomic mass is 10.2. The third-order valence-electron chi connectivity index (χ3n) is 3.35. The molecule has 0 saturated heterocycles. The summed E-state index contributed by atoms with van der Waals surface area (Å²) in [4.78, 5) is 1.07. The molecule has 2 rings (SSSR count). The summed E-state index contributed by atoms with van der Waals surface area (Å²) in [6.07, 6.45) is 0. The summed E-state index contributed by atoms with van der Waals surface area (Å²) in [6.45, 7) is 5.39. The van der Waals surface area contributed by atoms with E-state index in [1.165, 1.54) is 15.6 Å². The molecule has 2 heterocycles. The highest BCUT2D eigenvalue weighted by molar-refractivity contribution is 7.89. The Labute approximate surface area is 128 Å². The average molecular weight is 329 g/mol. The smallest absolute Gasteiger partial charge is 0.247 e. The third-order valence-corrected chi connectivity index (χ3v) is 6.32. The molecule has 7 heteroatoms. The predicted octanol–water partition coefficient (Wildman–Crippen LogP) is 2.66. The molecular formula is C14H19NO4S2. The molecule has 1 N–H and O–H groups in total. The lowest BCUT2D eigenvalue weighted by Crippen LogP contribution is -2.31. The zero-order valence-electron chi connectivity index (χ0n) is 12.3. The van der Waals surface area contributed by atoms with Gasteiger partial charge in [0.25, 0.3) is 0 Å². The summed E-state index contributed by atoms with van der Waals surface area (Å²) in [7, 11) is -3.69. The highest BCUT2D eigenvalue weighted by atomic mass is 32.2. The molecule has 0 fully saturated rings. The highest BCUT2D eigenvalue weighted by Crippen LogP contribution is 2.30. The van der Waals surface area contributed by atoms with Crippen molar-refractivity contribution in [3.63, 3.8) is 0 Å². The van der Waals surface area contributed by atoms with Crippen molar-refractivity contribution in [1.29, 1.82) is 0 Å². The van der Waals surface area contributed by atoms with Crippen LogP contribution in [0.15, 0.2) is 26.8 Å². The van der Waals surface area contributed by atoms with Crippen LogP contribution in [-0.4, -0.2) is 24.4 Å². The first-order valence-corrected chi connectivity index (χ1v) is 8.96. The highest BCUT2D eigenvalue weighted by Gasteiger charge is 2.31. The Morgan fingerprint density at radius 3 is 2.57 bits per heavy atom. The molecule has 0 amide bonds. The van der Waals surface area contributed by atoms with Crippen LogP contribution < -0.4 is 0 Å². The van der Waals surface area contributed by atoms with Crippen LogP contribution in [0.4, 0.5) is 0 Å². The van der Waals surface area contributed by atoms with Gasteiger partial charge in [0.15, 0.2) is 0 Å². The van der Waals surface area contributed by atoms with E-state index in [1.54, 1.807) is 20.8 Å². The van der Waals surface area contributed by atoms with Crippen molar-refractivity contribution in [2.45, 2.75) is 38.8 Å². The van der Waals surface area contributed by atoms with Gasteiger partial charge < -0.3 is 9.52 Å². The minimum atomic E-state index is -3.69. The second-order valence-corrected chi connectivity index (χ2v) is 7.60. The van der Waals surface area contributed by atoms with Crippen molar-refractivity contribution in [2.24, 2.45) is 0 Å². The van der Waals surface area contributed by atoms with E-state index >= 15 is 0 Å². The molecule has 2 aromatic heterocycles. The first-order valence-electron chi connectivity index (χ1n) is 6.64. The fourth-order valence-electron chi connectivity index (χ4n) is 2.30. The third kappa shape index (κ3) is 3.06. The summed E-state index contributed by atoms with van der Waals surface area (Å²) < 4.78 is 32.5. The molecule has 0 atom stereocenters. The van der Waals surface area contributed by atoms with Crippen LogP contribution in [0.2, 0.25) is 0 Å². The van der Waals surface area contributed by atoms with Gasteiger partial charge in [0.2, 0.25) is 10.0 Å². The first kappa shape index (κ1) is 16.2. The lowest BCUT2D eigenvalue weighted by Gasteiger charge is -2.20. The summed E-state index contributed by atoms with van der Waals surface area (Å²) in [5.41, 5.74) is 0.345. The topological polar surface area (TPSA) is 70.8 Å². The van der Waals surface area contributed by atoms with E-state index in [1.807, 2.05) is 17.5 Å². The van der Waals surface area contributed by atoms with Crippen LogP contribution in [0.1, 0.15) is 28.9 Å². The van der Waals surface area contributed by atoms with Crippen LogP contribution in [0.3, 0.4) is 0 Å². The van der Waals surface area contributed by atoms with E-state index in [-0.39, 0.29) is 11.5 Å². The van der Waals surface area contributed by atoms with Crippen molar-refractivity contribution in [2.75, 3.05) is 6.54 Å². The SMILES string of the molecule is CCN(Cc1cccs1)S(=O)(=O)c1c(C)oc(C)c1CO. The fourth-order valence-corrected chi connectivity index (χ4v) is 4.94. The molecule has 0 unspecified atom stereocenters. The van der Waals surface area contributed by atoms with E-state index in [9.17, 15) is 13.5 Å². The van der Waals surface area contributed by atoms with Crippen LogP contribution >= 0.6 is 11.3 Å². The van der Waals surface area contributed by atoms with E-state index in [0.717, 1.165) is 4.88 Å². The van der Waals surface area contributed by atoms with Gasteiger partial charge in [0.1, 0.15) is 16.4 Å². The number of sulfonamides is 1. The fraction of sp³-hybridized carbons (Fsp3) is 0.429. The van der Waals surface area contributed by atoms with E-state index in [2.05, 4.69) is 0 Å². The predicted molar refractivity (Wildman–Crippen MR) is 81.7 cm³/mol. The number of hydrogen-bond donors (Lipinski definition) is 1. The molecule has 116 valence electrons. The molecule has 21 heavy (non-hydrogen) atoms. The minimum Gasteiger partial charge on any atom is -0.465 e. The van der Waals surface area contributed by atoms with E-state index in [4.69, 9.17) is 4.42 Å². The number of rotatable bonds is 6. The first-order chi connectivity index (χ1) is 9.91. The van der Waals surface area contributed by atoms with Gasteiger partial charge in [-0.3, -0.25) is 0 Å². The Bertz CT molecular complexity index is 702. The number of furan rings is 1. The van der Waals surface area contributed by atoms with Crippen molar-refractivity contribution >= 4 is 21.4 Å². The van der Waals surface area contributed by atoms with E-state index in [0.29, 0.717) is 30.2 Å². The van der Waals surface area contributed by atoms with Gasteiger partial charge in [-0.1, -0.05) is 13.0 Å². The minimum absolute atomic E-state index is 0.0981. The quantitative estimate of drug-likeness (QED) is 0.884. The number of nitrogens with zero attached hydrogens (tertiary/aromatic N) is 1. The maximum absolute atomic E-state index is 12.9. The Hall–Kier alpha value is -1.15. The van der Waals surface area contributed by atoms with Gasteiger partial charge in [0, 0.05) is 23.5 Å². The molecule has 5 nitrogen and oxygen atoms in total. The Morgan fingerprint density at radius 2 is 2.05 bits per heavy atom. The Morgan fingerprint density at radius 1 is 1.33 bits per heavy atom. The van der Waals surface area contributed by atoms with Gasteiger partial charge in [-0.15, -0.1) is 11.3 Å². The van der Waals surface area contributed by atoms with Crippen LogP contribution in [0, 0.1) is 13.8 Å². The molecule has 0 aliphatic rings. The number of thiophene rings is 1. The van der Waals surface area contributed by atoms with Crippen molar-refractivity contribution in [3.05, 3.63) is 39.5 Å². The average Bonchev–Trinajstić information content (AvgIpc) is 3.02. The molecule has 0 radical (unpaired) electrons. The normalized spacial score (nSPS) is 12.2. The number of aliphatic hydroxyl groups is 1. The van der Waals surface area contributed by atoms with Gasteiger partial charge in [0.05, 0.1) is 6.61 Å². The summed E-state index contributed by atoms with van der Waals surface area (Å²) in [5, 5.41) is 11.4. The molecule has 2 aromatic rings. The second-order valence-electron chi connectivity index (χ2n) is 4.69. The summed E-state index contributed by atoms with van der Waals surface area (Å²) in [5.74, 6) is 0.766. The molecule has 0 spiro atoms. The Kier molecular flexibility index (Phi) is 4.88. The standard InChI is InChI=1S/C14H19NO4S2/c1-4-15(8-12-6-5-7-20-12)21(17,18)14-11(3)19-10(2)13(14)9-16/h5-7,16H,4,8-9H2,1-3H3. The summed E-state index contributed by atoms with van der Waals surface area (Å²) >= 11 is 1.52. The second kappa shape index (κ2) is 6.31. The molecule has 0 saturated carbocycles. The number of aryl methyl sites for hydroxylation is 2.